The molecule has 0 aliphatic carbocycles. The van der Waals surface area contributed by atoms with Crippen LogP contribution in [0.15, 0.2) is 27.8 Å². The van der Waals surface area contributed by atoms with Crippen LogP contribution < -0.4 is 11.1 Å². The van der Waals surface area contributed by atoms with Gasteiger partial charge in [0.05, 0.1) is 17.3 Å². The van der Waals surface area contributed by atoms with Crippen molar-refractivity contribution in [3.8, 4) is 0 Å². The van der Waals surface area contributed by atoms with Crippen LogP contribution in [0.25, 0.3) is 0 Å². The Labute approximate surface area is 124 Å². The molecular weight excluding hydrogens is 301 g/mol. The lowest BCUT2D eigenvalue weighted by Gasteiger charge is -2.01. The van der Waals surface area contributed by atoms with Gasteiger partial charge in [-0.15, -0.1) is 0 Å². The average Bonchev–Trinajstić information content (AvgIpc) is 2.89. The second kappa shape index (κ2) is 6.31. The van der Waals surface area contributed by atoms with Crippen LogP contribution in [-0.2, 0) is 11.3 Å². The van der Waals surface area contributed by atoms with Crippen molar-refractivity contribution in [2.45, 2.75) is 13.5 Å². The highest BCUT2D eigenvalue weighted by atomic mass is 35.5. The third-order valence-electron chi connectivity index (χ3n) is 2.46. The molecule has 0 aliphatic heterocycles. The van der Waals surface area contributed by atoms with Gasteiger partial charge >= 0.3 is 0 Å². The summed E-state index contributed by atoms with van der Waals surface area (Å²) in [7, 11) is 0. The Morgan fingerprint density at radius 2 is 2.29 bits per heavy atom. The molecule has 0 spiro atoms. The molecule has 2 rings (SSSR count). The summed E-state index contributed by atoms with van der Waals surface area (Å²) in [6.07, 6.45) is 0. The van der Waals surface area contributed by atoms with Crippen molar-refractivity contribution in [1.29, 1.82) is 0 Å². The molecule has 2 aromatic rings. The van der Waals surface area contributed by atoms with Gasteiger partial charge in [0.25, 0.3) is 0 Å². The molecule has 9 heteroatoms. The van der Waals surface area contributed by atoms with E-state index in [9.17, 15) is 9.18 Å². The molecule has 0 saturated heterocycles. The summed E-state index contributed by atoms with van der Waals surface area (Å²) in [5.74, 6) is -0.771. The number of nitrogens with two attached hydrogens (primary N) is 1. The fourth-order valence-corrected chi connectivity index (χ4v) is 1.65. The number of aromatic nitrogens is 2. The summed E-state index contributed by atoms with van der Waals surface area (Å²) in [4.78, 5) is 14.9. The number of benzene rings is 1. The molecular formula is C12H11ClFN5O2. The van der Waals surface area contributed by atoms with Crippen molar-refractivity contribution >= 4 is 29.0 Å². The van der Waals surface area contributed by atoms with Crippen LogP contribution in [0.4, 0.5) is 10.1 Å². The van der Waals surface area contributed by atoms with Crippen molar-refractivity contribution in [1.82, 2.24) is 15.6 Å². The fraction of sp³-hybridized carbons (Fsp3) is 0.167. The number of carbonyl (C=O) groups excluding carboxylic acids is 1. The van der Waals surface area contributed by atoms with Crippen LogP contribution in [0.2, 0.25) is 5.02 Å². The van der Waals surface area contributed by atoms with Gasteiger partial charge in [0.15, 0.2) is 11.5 Å². The lowest BCUT2D eigenvalue weighted by Crippen LogP contribution is -2.22. The summed E-state index contributed by atoms with van der Waals surface area (Å²) in [5, 5.41) is 9.74. The number of halogens is 2. The van der Waals surface area contributed by atoms with Crippen molar-refractivity contribution in [3.63, 3.8) is 0 Å². The highest BCUT2D eigenvalue weighted by Crippen LogP contribution is 2.22. The first kappa shape index (κ1) is 14.9. The predicted molar refractivity (Wildman–Crippen MR) is 73.6 cm³/mol. The van der Waals surface area contributed by atoms with Gasteiger partial charge in [-0.2, -0.15) is 0 Å². The molecule has 0 bridgehead atoms. The lowest BCUT2D eigenvalue weighted by molar-refractivity contribution is -0.119. The Morgan fingerprint density at radius 3 is 2.95 bits per heavy atom. The van der Waals surface area contributed by atoms with Crippen LogP contribution in [0.5, 0.6) is 0 Å². The molecule has 7 nitrogen and oxygen atoms in total. The van der Waals surface area contributed by atoms with Crippen LogP contribution in [0.3, 0.4) is 0 Å². The minimum atomic E-state index is -0.552. The molecule has 0 aliphatic rings. The fourth-order valence-electron chi connectivity index (χ4n) is 1.47. The first-order valence-electron chi connectivity index (χ1n) is 5.83. The Hall–Kier alpha value is -2.48. The second-order valence-corrected chi connectivity index (χ2v) is 4.47. The monoisotopic (exact) mass is 311 g/mol. The van der Waals surface area contributed by atoms with Crippen LogP contribution in [-0.4, -0.2) is 22.1 Å². The Kier molecular flexibility index (Phi) is 4.49. The van der Waals surface area contributed by atoms with Gasteiger partial charge in [-0.05, 0) is 23.4 Å². The topological polar surface area (TPSA) is 106 Å². The molecule has 1 amide bonds. The highest BCUT2D eigenvalue weighted by Gasteiger charge is 2.14. The van der Waals surface area contributed by atoms with Gasteiger partial charge in [0, 0.05) is 6.92 Å². The quantitative estimate of drug-likeness (QED) is 0.658. The zero-order valence-electron chi connectivity index (χ0n) is 10.9. The zero-order chi connectivity index (χ0) is 15.4. The number of hydrogen-bond donors (Lipinski definition) is 2. The molecule has 0 radical (unpaired) electrons. The minimum absolute atomic E-state index is 0.0132. The van der Waals surface area contributed by atoms with E-state index in [1.807, 2.05) is 0 Å². The minimum Gasteiger partial charge on any atom is -0.382 e. The van der Waals surface area contributed by atoms with Crippen LogP contribution >= 0.6 is 11.6 Å². The molecule has 1 aromatic heterocycles. The number of nitrogens with zero attached hydrogens (tertiary/aromatic N) is 3. The molecule has 1 aromatic carbocycles. The van der Waals surface area contributed by atoms with E-state index >= 15 is 0 Å². The largest absolute Gasteiger partial charge is 0.382 e. The number of nitrogens with one attached hydrogen (secondary N) is 1. The standard InChI is InChI=1S/C12H11ClFN5O2/c1-6(20)16-5-10-11(19-21-18-10)12(15)17-7-2-3-9(14)8(13)4-7/h2-4H,5H2,1H3,(H2,15,17)(H,16,20). The van der Waals surface area contributed by atoms with E-state index in [1.165, 1.54) is 25.1 Å². The molecule has 0 saturated carbocycles. The Morgan fingerprint density at radius 1 is 1.52 bits per heavy atom. The highest BCUT2D eigenvalue weighted by molar-refractivity contribution is 6.31. The Bertz CT molecular complexity index is 701. The van der Waals surface area contributed by atoms with E-state index in [0.29, 0.717) is 11.4 Å². The van der Waals surface area contributed by atoms with Gasteiger partial charge in [0.1, 0.15) is 11.5 Å². The first-order valence-corrected chi connectivity index (χ1v) is 6.20. The van der Waals surface area contributed by atoms with E-state index in [4.69, 9.17) is 17.3 Å². The average molecular weight is 312 g/mol. The van der Waals surface area contributed by atoms with Gasteiger partial charge in [-0.3, -0.25) is 4.79 Å². The summed E-state index contributed by atoms with van der Waals surface area (Å²) >= 11 is 5.66. The number of aliphatic imine (C=N–C) groups is 1. The smallest absolute Gasteiger partial charge is 0.217 e. The molecule has 3 N–H and O–H groups in total. The number of amidine groups is 1. The van der Waals surface area contributed by atoms with Crippen molar-refractivity contribution in [2.24, 2.45) is 10.7 Å². The van der Waals surface area contributed by atoms with Gasteiger partial charge < -0.3 is 11.1 Å². The third kappa shape index (κ3) is 3.76. The molecule has 110 valence electrons. The van der Waals surface area contributed by atoms with Gasteiger partial charge in [0.2, 0.25) is 5.91 Å². The summed E-state index contributed by atoms with van der Waals surface area (Å²) in [6.45, 7) is 1.47. The van der Waals surface area contributed by atoms with E-state index in [-0.39, 0.29) is 29.0 Å². The lowest BCUT2D eigenvalue weighted by atomic mass is 10.2. The maximum absolute atomic E-state index is 13.1. The number of rotatable bonds is 4. The predicted octanol–water partition coefficient (Wildman–Crippen LogP) is 1.54. The number of amides is 1. The van der Waals surface area contributed by atoms with E-state index < -0.39 is 5.82 Å². The van der Waals surface area contributed by atoms with Gasteiger partial charge in [-0.1, -0.05) is 16.8 Å². The van der Waals surface area contributed by atoms with Gasteiger partial charge in [-0.25, -0.2) is 14.0 Å². The summed E-state index contributed by atoms with van der Waals surface area (Å²) < 4.78 is 17.6. The normalized spacial score (nSPS) is 11.5. The maximum atomic E-state index is 13.1. The molecule has 1 heterocycles. The van der Waals surface area contributed by atoms with Crippen molar-refractivity contribution in [2.75, 3.05) is 0 Å². The molecule has 0 fully saturated rings. The first-order chi connectivity index (χ1) is 9.97. The molecule has 0 atom stereocenters. The summed E-state index contributed by atoms with van der Waals surface area (Å²) in [5.41, 5.74) is 6.69. The zero-order valence-corrected chi connectivity index (χ0v) is 11.7. The summed E-state index contributed by atoms with van der Waals surface area (Å²) in [6, 6.07) is 3.91. The number of carbonyl (C=O) groups is 1. The van der Waals surface area contributed by atoms with E-state index in [2.05, 4.69) is 25.3 Å². The van der Waals surface area contributed by atoms with Crippen molar-refractivity contribution < 1.29 is 13.8 Å². The number of hydrogen-bond acceptors (Lipinski definition) is 5. The molecule has 0 unspecified atom stereocenters. The second-order valence-electron chi connectivity index (χ2n) is 4.06. The molecule has 21 heavy (non-hydrogen) atoms. The third-order valence-corrected chi connectivity index (χ3v) is 2.75. The van der Waals surface area contributed by atoms with E-state index in [0.717, 1.165) is 0 Å². The van der Waals surface area contributed by atoms with Crippen LogP contribution in [0.1, 0.15) is 18.3 Å². The van der Waals surface area contributed by atoms with Crippen molar-refractivity contribution in [3.05, 3.63) is 40.4 Å². The SMILES string of the molecule is CC(=O)NCc1nonc1C(N)=Nc1ccc(F)c(Cl)c1. The maximum Gasteiger partial charge on any atom is 0.217 e. The Balaban J connectivity index is 2.24. The van der Waals surface area contributed by atoms with E-state index in [1.54, 1.807) is 0 Å². The van der Waals surface area contributed by atoms with Crippen LogP contribution in [0, 0.1) is 5.82 Å².